The SMILES string of the molecule is CCSC1CCCC(NC(=O)CCC2CCNCC2)C1.Cl. The summed E-state index contributed by atoms with van der Waals surface area (Å²) in [6.07, 6.45) is 9.26. The Kier molecular flexibility index (Phi) is 9.78. The Morgan fingerprint density at radius 1 is 1.24 bits per heavy atom. The van der Waals surface area contributed by atoms with E-state index in [4.69, 9.17) is 0 Å². The van der Waals surface area contributed by atoms with Gasteiger partial charge in [0.15, 0.2) is 0 Å². The smallest absolute Gasteiger partial charge is 0.220 e. The number of piperidine rings is 1. The quantitative estimate of drug-likeness (QED) is 0.782. The third-order valence-corrected chi connectivity index (χ3v) is 5.86. The molecule has 2 atom stereocenters. The standard InChI is InChI=1S/C16H30N2OS.ClH/c1-2-20-15-5-3-4-14(12-15)18-16(19)7-6-13-8-10-17-11-9-13;/h13-15,17H,2-12H2,1H3,(H,18,19);1H. The Hall–Kier alpha value is 0.0700. The van der Waals surface area contributed by atoms with Gasteiger partial charge in [-0.05, 0) is 63.3 Å². The first-order chi connectivity index (χ1) is 9.78. The summed E-state index contributed by atoms with van der Waals surface area (Å²) >= 11 is 2.06. The molecule has 0 aromatic heterocycles. The zero-order chi connectivity index (χ0) is 14.2. The average molecular weight is 335 g/mol. The van der Waals surface area contributed by atoms with Crippen LogP contribution >= 0.6 is 24.2 Å². The molecule has 0 spiro atoms. The van der Waals surface area contributed by atoms with Gasteiger partial charge in [-0.2, -0.15) is 11.8 Å². The molecule has 1 aliphatic heterocycles. The lowest BCUT2D eigenvalue weighted by Crippen LogP contribution is -2.39. The first-order valence-electron chi connectivity index (χ1n) is 8.39. The van der Waals surface area contributed by atoms with Crippen LogP contribution in [0.1, 0.15) is 58.3 Å². The van der Waals surface area contributed by atoms with Crippen molar-refractivity contribution < 1.29 is 4.79 Å². The number of thioether (sulfide) groups is 1. The van der Waals surface area contributed by atoms with Gasteiger partial charge in [-0.25, -0.2) is 0 Å². The van der Waals surface area contributed by atoms with E-state index in [1.807, 2.05) is 0 Å². The fraction of sp³-hybridized carbons (Fsp3) is 0.938. The van der Waals surface area contributed by atoms with Crippen molar-refractivity contribution in [3.8, 4) is 0 Å². The van der Waals surface area contributed by atoms with Crippen molar-refractivity contribution in [2.75, 3.05) is 18.8 Å². The van der Waals surface area contributed by atoms with E-state index < -0.39 is 0 Å². The molecule has 1 aliphatic carbocycles. The van der Waals surface area contributed by atoms with E-state index in [-0.39, 0.29) is 18.3 Å². The molecule has 124 valence electrons. The highest BCUT2D eigenvalue weighted by atomic mass is 35.5. The lowest BCUT2D eigenvalue weighted by atomic mass is 9.92. The molecule has 1 heterocycles. The zero-order valence-corrected chi connectivity index (χ0v) is 14.9. The molecular weight excluding hydrogens is 304 g/mol. The molecule has 2 aliphatic rings. The molecule has 2 rings (SSSR count). The van der Waals surface area contributed by atoms with Crippen LogP contribution in [0.2, 0.25) is 0 Å². The molecule has 0 aromatic rings. The molecule has 5 heteroatoms. The van der Waals surface area contributed by atoms with Gasteiger partial charge >= 0.3 is 0 Å². The van der Waals surface area contributed by atoms with E-state index in [0.29, 0.717) is 6.04 Å². The number of halogens is 1. The van der Waals surface area contributed by atoms with E-state index >= 15 is 0 Å². The number of nitrogens with one attached hydrogen (secondary N) is 2. The van der Waals surface area contributed by atoms with Crippen LogP contribution < -0.4 is 10.6 Å². The molecule has 3 nitrogen and oxygen atoms in total. The maximum atomic E-state index is 12.1. The Balaban J connectivity index is 0.00000220. The average Bonchev–Trinajstić information content (AvgIpc) is 2.47. The second-order valence-electron chi connectivity index (χ2n) is 6.24. The third kappa shape index (κ3) is 7.25. The van der Waals surface area contributed by atoms with E-state index in [1.165, 1.54) is 44.3 Å². The van der Waals surface area contributed by atoms with E-state index in [9.17, 15) is 4.79 Å². The van der Waals surface area contributed by atoms with E-state index in [0.717, 1.165) is 37.1 Å². The molecule has 0 aromatic carbocycles. The summed E-state index contributed by atoms with van der Waals surface area (Å²) in [6.45, 7) is 4.49. The topological polar surface area (TPSA) is 41.1 Å². The highest BCUT2D eigenvalue weighted by molar-refractivity contribution is 7.99. The second-order valence-corrected chi connectivity index (χ2v) is 7.82. The minimum Gasteiger partial charge on any atom is -0.353 e. The van der Waals surface area contributed by atoms with Gasteiger partial charge in [0.25, 0.3) is 0 Å². The third-order valence-electron chi connectivity index (χ3n) is 4.63. The van der Waals surface area contributed by atoms with Crippen molar-refractivity contribution in [2.24, 2.45) is 5.92 Å². The Morgan fingerprint density at radius 3 is 2.71 bits per heavy atom. The number of carbonyl (C=O) groups is 1. The number of rotatable bonds is 6. The van der Waals surface area contributed by atoms with E-state index in [1.54, 1.807) is 0 Å². The van der Waals surface area contributed by atoms with Crippen molar-refractivity contribution in [3.05, 3.63) is 0 Å². The van der Waals surface area contributed by atoms with Gasteiger partial charge in [0.2, 0.25) is 5.91 Å². The van der Waals surface area contributed by atoms with Crippen molar-refractivity contribution >= 4 is 30.1 Å². The zero-order valence-electron chi connectivity index (χ0n) is 13.2. The van der Waals surface area contributed by atoms with Crippen molar-refractivity contribution in [3.63, 3.8) is 0 Å². The minimum absolute atomic E-state index is 0. The molecule has 2 unspecified atom stereocenters. The number of hydrogen-bond acceptors (Lipinski definition) is 3. The van der Waals surface area contributed by atoms with Gasteiger partial charge in [-0.15, -0.1) is 12.4 Å². The summed E-state index contributed by atoms with van der Waals surface area (Å²) in [4.78, 5) is 12.1. The monoisotopic (exact) mass is 334 g/mol. The van der Waals surface area contributed by atoms with Crippen molar-refractivity contribution in [1.29, 1.82) is 0 Å². The van der Waals surface area contributed by atoms with Gasteiger partial charge in [-0.1, -0.05) is 13.3 Å². The van der Waals surface area contributed by atoms with Crippen LogP contribution in [0.5, 0.6) is 0 Å². The van der Waals surface area contributed by atoms with Crippen LogP contribution in [0, 0.1) is 5.92 Å². The fourth-order valence-corrected chi connectivity index (χ4v) is 4.64. The molecule has 1 saturated heterocycles. The summed E-state index contributed by atoms with van der Waals surface area (Å²) in [5, 5.41) is 7.43. The normalized spacial score (nSPS) is 26.9. The number of amides is 1. The predicted octanol–water partition coefficient (Wildman–Crippen LogP) is 3.37. The Morgan fingerprint density at radius 2 is 2.00 bits per heavy atom. The molecule has 0 bridgehead atoms. The Bertz CT molecular complexity index is 296. The summed E-state index contributed by atoms with van der Waals surface area (Å²) in [6, 6.07) is 0.438. The highest BCUT2D eigenvalue weighted by Gasteiger charge is 2.23. The van der Waals surface area contributed by atoms with Gasteiger partial charge in [0.05, 0.1) is 0 Å². The van der Waals surface area contributed by atoms with Crippen molar-refractivity contribution in [1.82, 2.24) is 10.6 Å². The summed E-state index contributed by atoms with van der Waals surface area (Å²) in [5.74, 6) is 2.24. The molecule has 1 amide bonds. The van der Waals surface area contributed by atoms with Crippen LogP contribution in [-0.4, -0.2) is 36.0 Å². The highest BCUT2D eigenvalue weighted by Crippen LogP contribution is 2.28. The lowest BCUT2D eigenvalue weighted by Gasteiger charge is -2.29. The second kappa shape index (κ2) is 10.7. The van der Waals surface area contributed by atoms with Crippen LogP contribution in [0.15, 0.2) is 0 Å². The van der Waals surface area contributed by atoms with Crippen LogP contribution in [0.4, 0.5) is 0 Å². The molecule has 2 fully saturated rings. The summed E-state index contributed by atoms with van der Waals surface area (Å²) in [7, 11) is 0. The van der Waals surface area contributed by atoms with Crippen molar-refractivity contribution in [2.45, 2.75) is 69.6 Å². The minimum atomic E-state index is 0. The number of carbonyl (C=O) groups excluding carboxylic acids is 1. The maximum Gasteiger partial charge on any atom is 0.220 e. The lowest BCUT2D eigenvalue weighted by molar-refractivity contribution is -0.122. The van der Waals surface area contributed by atoms with Crippen LogP contribution in [0.25, 0.3) is 0 Å². The molecule has 2 N–H and O–H groups in total. The maximum absolute atomic E-state index is 12.1. The van der Waals surface area contributed by atoms with Gasteiger partial charge in [0, 0.05) is 17.7 Å². The molecular formula is C16H31ClN2OS. The summed E-state index contributed by atoms with van der Waals surface area (Å²) in [5.41, 5.74) is 0. The fourth-order valence-electron chi connectivity index (χ4n) is 3.47. The van der Waals surface area contributed by atoms with E-state index in [2.05, 4.69) is 29.3 Å². The molecule has 0 radical (unpaired) electrons. The number of hydrogen-bond donors (Lipinski definition) is 2. The summed E-state index contributed by atoms with van der Waals surface area (Å²) < 4.78 is 0. The van der Waals surface area contributed by atoms with Crippen LogP contribution in [0.3, 0.4) is 0 Å². The largest absolute Gasteiger partial charge is 0.353 e. The van der Waals surface area contributed by atoms with Gasteiger partial charge in [-0.3, -0.25) is 4.79 Å². The van der Waals surface area contributed by atoms with Gasteiger partial charge in [0.1, 0.15) is 0 Å². The van der Waals surface area contributed by atoms with Gasteiger partial charge < -0.3 is 10.6 Å². The first-order valence-corrected chi connectivity index (χ1v) is 9.44. The predicted molar refractivity (Wildman–Crippen MR) is 94.4 cm³/mol. The molecule has 1 saturated carbocycles. The first kappa shape index (κ1) is 19.1. The Labute approximate surface area is 140 Å². The molecule has 21 heavy (non-hydrogen) atoms. The van der Waals surface area contributed by atoms with Crippen LogP contribution in [-0.2, 0) is 4.79 Å².